The third-order valence-electron chi connectivity index (χ3n) is 3.33. The molecule has 102 valence electrons. The fourth-order valence-corrected chi connectivity index (χ4v) is 2.71. The van der Waals surface area contributed by atoms with E-state index in [0.717, 1.165) is 10.0 Å². The van der Waals surface area contributed by atoms with Gasteiger partial charge in [-0.15, -0.1) is 0 Å². The van der Waals surface area contributed by atoms with E-state index in [2.05, 4.69) is 15.9 Å². The number of carbonyl (C=O) groups is 2. The number of hydrogen-bond donors (Lipinski definition) is 1. The van der Waals surface area contributed by atoms with Crippen LogP contribution in [-0.2, 0) is 4.79 Å². The van der Waals surface area contributed by atoms with Gasteiger partial charge in [-0.25, -0.2) is 0 Å². The van der Waals surface area contributed by atoms with Gasteiger partial charge in [-0.05, 0) is 47.0 Å². The van der Waals surface area contributed by atoms with E-state index >= 15 is 0 Å². The Morgan fingerprint density at radius 3 is 2.68 bits per heavy atom. The summed E-state index contributed by atoms with van der Waals surface area (Å²) in [5, 5.41) is 0.508. The molecule has 2 rings (SSSR count). The number of nitrogens with two attached hydrogens (primary N) is 1. The Kier molecular flexibility index (Phi) is 4.16. The molecular weight excluding hydrogens is 332 g/mol. The molecule has 0 aliphatic carbocycles. The van der Waals surface area contributed by atoms with Gasteiger partial charge in [0.05, 0.1) is 10.9 Å². The molecule has 1 aromatic rings. The Balaban J connectivity index is 2.19. The predicted octanol–water partition coefficient (Wildman–Crippen LogP) is 2.36. The van der Waals surface area contributed by atoms with Gasteiger partial charge in [0.15, 0.2) is 0 Å². The Morgan fingerprint density at radius 1 is 1.47 bits per heavy atom. The number of primary amides is 1. The van der Waals surface area contributed by atoms with E-state index in [9.17, 15) is 9.59 Å². The highest BCUT2D eigenvalue weighted by atomic mass is 79.9. The quantitative estimate of drug-likeness (QED) is 0.894. The van der Waals surface area contributed by atoms with Crippen LogP contribution in [0.4, 0.5) is 0 Å². The minimum absolute atomic E-state index is 0.110. The molecule has 1 aliphatic heterocycles. The molecule has 0 spiro atoms. The zero-order valence-corrected chi connectivity index (χ0v) is 12.8. The number of hydrogen-bond acceptors (Lipinski definition) is 2. The second kappa shape index (κ2) is 5.51. The molecule has 1 aliphatic rings. The molecule has 1 heterocycles. The summed E-state index contributed by atoms with van der Waals surface area (Å²) in [5.74, 6) is -0.697. The lowest BCUT2D eigenvalue weighted by Gasteiger charge is -2.17. The van der Waals surface area contributed by atoms with Crippen LogP contribution in [0.2, 0.25) is 5.02 Å². The number of benzene rings is 1. The summed E-state index contributed by atoms with van der Waals surface area (Å²) in [6, 6.07) is 3.43. The molecule has 4 nitrogen and oxygen atoms in total. The Hall–Kier alpha value is -1.07. The van der Waals surface area contributed by atoms with Crippen molar-refractivity contribution in [1.29, 1.82) is 0 Å². The maximum absolute atomic E-state index is 12.3. The fourth-order valence-electron chi connectivity index (χ4n) is 2.21. The molecule has 2 N–H and O–H groups in total. The molecule has 1 fully saturated rings. The van der Waals surface area contributed by atoms with E-state index < -0.39 is 0 Å². The molecule has 0 bridgehead atoms. The average molecular weight is 346 g/mol. The first-order chi connectivity index (χ1) is 8.90. The lowest BCUT2D eigenvalue weighted by molar-refractivity contribution is -0.121. The number of amides is 2. The molecule has 0 saturated carbocycles. The van der Waals surface area contributed by atoms with Crippen molar-refractivity contribution in [3.05, 3.63) is 32.8 Å². The van der Waals surface area contributed by atoms with Crippen LogP contribution in [0.1, 0.15) is 22.3 Å². The van der Waals surface area contributed by atoms with Crippen molar-refractivity contribution >= 4 is 39.3 Å². The SMILES string of the molecule is Cc1cc(C(=O)N2CC[C@@H](C(N)=O)C2)cc(Cl)c1Br. The molecule has 0 unspecified atom stereocenters. The summed E-state index contributed by atoms with van der Waals surface area (Å²) in [6.45, 7) is 2.82. The smallest absolute Gasteiger partial charge is 0.253 e. The van der Waals surface area contributed by atoms with Crippen LogP contribution in [0.25, 0.3) is 0 Å². The normalized spacial score (nSPS) is 18.7. The summed E-state index contributed by atoms with van der Waals surface area (Å²) in [6.07, 6.45) is 0.629. The van der Waals surface area contributed by atoms with Gasteiger partial charge in [-0.2, -0.15) is 0 Å². The lowest BCUT2D eigenvalue weighted by Crippen LogP contribution is -2.31. The van der Waals surface area contributed by atoms with Crippen LogP contribution in [0.3, 0.4) is 0 Å². The monoisotopic (exact) mass is 344 g/mol. The first kappa shape index (κ1) is 14.3. The van der Waals surface area contributed by atoms with Crippen molar-refractivity contribution in [3.63, 3.8) is 0 Å². The highest BCUT2D eigenvalue weighted by Gasteiger charge is 2.30. The van der Waals surface area contributed by atoms with E-state index in [1.807, 2.05) is 6.92 Å². The summed E-state index contributed by atoms with van der Waals surface area (Å²) in [7, 11) is 0. The van der Waals surface area contributed by atoms with Gasteiger partial charge in [-0.3, -0.25) is 9.59 Å². The zero-order chi connectivity index (χ0) is 14.2. The van der Waals surface area contributed by atoms with Crippen molar-refractivity contribution in [3.8, 4) is 0 Å². The molecule has 0 radical (unpaired) electrons. The third kappa shape index (κ3) is 2.92. The van der Waals surface area contributed by atoms with Gasteiger partial charge in [0.2, 0.25) is 5.91 Å². The van der Waals surface area contributed by atoms with Crippen molar-refractivity contribution < 1.29 is 9.59 Å². The first-order valence-corrected chi connectivity index (χ1v) is 7.11. The maximum atomic E-state index is 12.3. The van der Waals surface area contributed by atoms with E-state index in [-0.39, 0.29) is 17.7 Å². The third-order valence-corrected chi connectivity index (χ3v) is 4.91. The van der Waals surface area contributed by atoms with Crippen LogP contribution in [0.15, 0.2) is 16.6 Å². The molecule has 0 aromatic heterocycles. The van der Waals surface area contributed by atoms with Gasteiger partial charge >= 0.3 is 0 Å². The Morgan fingerprint density at radius 2 is 2.16 bits per heavy atom. The second-order valence-corrected chi connectivity index (χ2v) is 5.93. The van der Waals surface area contributed by atoms with Crippen LogP contribution >= 0.6 is 27.5 Å². The fraction of sp³-hybridized carbons (Fsp3) is 0.385. The highest BCUT2D eigenvalue weighted by molar-refractivity contribution is 9.10. The first-order valence-electron chi connectivity index (χ1n) is 5.94. The van der Waals surface area contributed by atoms with Gasteiger partial charge < -0.3 is 10.6 Å². The number of likely N-dealkylation sites (tertiary alicyclic amines) is 1. The minimum atomic E-state index is -0.347. The minimum Gasteiger partial charge on any atom is -0.369 e. The van der Waals surface area contributed by atoms with Crippen molar-refractivity contribution in [1.82, 2.24) is 4.90 Å². The lowest BCUT2D eigenvalue weighted by atomic mass is 10.1. The standard InChI is InChI=1S/C13H14BrClN2O2/c1-7-4-9(5-10(15)11(7)14)13(19)17-3-2-8(6-17)12(16)18/h4-5,8H,2-3,6H2,1H3,(H2,16,18)/t8-/m1/s1. The molecular formula is C13H14BrClN2O2. The number of nitrogens with zero attached hydrogens (tertiary/aromatic N) is 1. The number of halogens is 2. The van der Waals surface area contributed by atoms with Crippen molar-refractivity contribution in [2.75, 3.05) is 13.1 Å². The number of rotatable bonds is 2. The maximum Gasteiger partial charge on any atom is 0.253 e. The summed E-state index contributed by atoms with van der Waals surface area (Å²) < 4.78 is 0.794. The largest absolute Gasteiger partial charge is 0.369 e. The van der Waals surface area contributed by atoms with E-state index in [4.69, 9.17) is 17.3 Å². The topological polar surface area (TPSA) is 63.4 Å². The van der Waals surface area contributed by atoms with Gasteiger partial charge in [0.1, 0.15) is 0 Å². The van der Waals surface area contributed by atoms with Crippen molar-refractivity contribution in [2.24, 2.45) is 11.7 Å². The van der Waals surface area contributed by atoms with Crippen LogP contribution < -0.4 is 5.73 Å². The Labute approximate surface area is 125 Å². The van der Waals surface area contributed by atoms with E-state index in [0.29, 0.717) is 30.1 Å². The van der Waals surface area contributed by atoms with Gasteiger partial charge in [0, 0.05) is 23.1 Å². The molecule has 1 saturated heterocycles. The van der Waals surface area contributed by atoms with Crippen molar-refractivity contribution in [2.45, 2.75) is 13.3 Å². The van der Waals surface area contributed by atoms with E-state index in [1.54, 1.807) is 17.0 Å². The van der Waals surface area contributed by atoms with Crippen LogP contribution in [-0.4, -0.2) is 29.8 Å². The molecule has 2 amide bonds. The molecule has 1 atom stereocenters. The highest BCUT2D eigenvalue weighted by Crippen LogP contribution is 2.28. The number of aryl methyl sites for hydroxylation is 1. The predicted molar refractivity (Wildman–Crippen MR) is 77.1 cm³/mol. The Bertz CT molecular complexity index is 524. The molecule has 19 heavy (non-hydrogen) atoms. The zero-order valence-electron chi connectivity index (χ0n) is 10.5. The molecule has 6 heteroatoms. The second-order valence-electron chi connectivity index (χ2n) is 4.73. The summed E-state index contributed by atoms with van der Waals surface area (Å²) in [5.41, 5.74) is 6.70. The van der Waals surface area contributed by atoms with Gasteiger partial charge in [-0.1, -0.05) is 11.6 Å². The van der Waals surface area contributed by atoms with E-state index in [1.165, 1.54) is 0 Å². The molecule has 1 aromatic carbocycles. The average Bonchev–Trinajstić information content (AvgIpc) is 2.84. The summed E-state index contributed by atoms with van der Waals surface area (Å²) >= 11 is 9.41. The van der Waals surface area contributed by atoms with Gasteiger partial charge in [0.25, 0.3) is 5.91 Å². The van der Waals surface area contributed by atoms with Crippen LogP contribution in [0.5, 0.6) is 0 Å². The number of carbonyl (C=O) groups excluding carboxylic acids is 2. The summed E-state index contributed by atoms with van der Waals surface area (Å²) in [4.78, 5) is 25.1. The van der Waals surface area contributed by atoms with Crippen LogP contribution in [0, 0.1) is 12.8 Å².